The molecule has 0 saturated heterocycles. The number of para-hydroxylation sites is 1. The number of carbonyl (C=O) groups is 2. The molecule has 2 saturated carbocycles. The van der Waals surface area contributed by atoms with E-state index in [1.54, 1.807) is 6.07 Å². The van der Waals surface area contributed by atoms with Crippen LogP contribution in [0.15, 0.2) is 29.2 Å². The summed E-state index contributed by atoms with van der Waals surface area (Å²) in [6.07, 6.45) is 14.2. The van der Waals surface area contributed by atoms with Gasteiger partial charge in [0, 0.05) is 18.2 Å². The minimum absolute atomic E-state index is 0.150. The smallest absolute Gasteiger partial charge is 0.322 e. The summed E-state index contributed by atoms with van der Waals surface area (Å²) in [7, 11) is 0. The van der Waals surface area contributed by atoms with Gasteiger partial charge in [-0.05, 0) is 43.7 Å². The Bertz CT molecular complexity index is 736. The lowest BCUT2D eigenvalue weighted by molar-refractivity contribution is -0.387. The zero-order valence-corrected chi connectivity index (χ0v) is 19.1. The summed E-state index contributed by atoms with van der Waals surface area (Å²) in [6.45, 7) is 0. The van der Waals surface area contributed by atoms with E-state index in [0.29, 0.717) is 0 Å². The van der Waals surface area contributed by atoms with Crippen LogP contribution in [0, 0.1) is 10.1 Å². The molecule has 178 valence electrons. The number of amides is 1. The summed E-state index contributed by atoms with van der Waals surface area (Å²) in [4.78, 5) is 32.0. The third kappa shape index (κ3) is 9.54. The van der Waals surface area contributed by atoms with E-state index in [1.165, 1.54) is 82.4 Å². The first-order chi connectivity index (χ1) is 15.4. The normalized spacial score (nSPS) is 18.2. The van der Waals surface area contributed by atoms with Crippen LogP contribution < -0.4 is 15.8 Å². The molecule has 0 heterocycles. The highest BCUT2D eigenvalue weighted by Gasteiger charge is 2.22. The molecule has 0 bridgehead atoms. The second-order valence-electron chi connectivity index (χ2n) is 8.34. The van der Waals surface area contributed by atoms with E-state index in [9.17, 15) is 19.7 Å². The zero-order chi connectivity index (χ0) is 23.3. The monoisotopic (exact) mass is 466 g/mol. The fourth-order valence-electron chi connectivity index (χ4n) is 4.08. The number of carbonyl (C=O) groups excluding carboxylic acids is 1. The quantitative estimate of drug-likeness (QED) is 0.244. The number of nitro groups is 1. The number of aliphatic carboxylic acids is 1. The molecule has 2 aliphatic carbocycles. The average Bonchev–Trinajstić information content (AvgIpc) is 2.78. The maximum absolute atomic E-state index is 10.9. The van der Waals surface area contributed by atoms with Gasteiger partial charge in [0.1, 0.15) is 10.9 Å². The van der Waals surface area contributed by atoms with Crippen molar-refractivity contribution < 1.29 is 19.6 Å². The van der Waals surface area contributed by atoms with Crippen molar-refractivity contribution in [3.63, 3.8) is 0 Å². The Morgan fingerprint density at radius 2 is 1.59 bits per heavy atom. The Morgan fingerprint density at radius 1 is 1.06 bits per heavy atom. The van der Waals surface area contributed by atoms with Crippen LogP contribution >= 0.6 is 11.9 Å². The number of nitrogens with one attached hydrogen (secondary N) is 2. The van der Waals surface area contributed by atoms with Crippen molar-refractivity contribution in [2.75, 3.05) is 0 Å². The highest BCUT2D eigenvalue weighted by molar-refractivity contribution is 7.97. The lowest BCUT2D eigenvalue weighted by Gasteiger charge is -2.30. The maximum atomic E-state index is 10.9. The molecule has 5 N–H and O–H groups in total. The molecule has 0 radical (unpaired) electrons. The van der Waals surface area contributed by atoms with Crippen LogP contribution in [0.2, 0.25) is 0 Å². The molecule has 32 heavy (non-hydrogen) atoms. The molecule has 2 fully saturated rings. The van der Waals surface area contributed by atoms with Gasteiger partial charge in [-0.1, -0.05) is 50.7 Å². The molecule has 0 spiro atoms. The van der Waals surface area contributed by atoms with Crippen LogP contribution in [0.3, 0.4) is 0 Å². The number of primary amides is 1. The minimum Gasteiger partial charge on any atom is -0.480 e. The lowest BCUT2D eigenvalue weighted by atomic mass is 9.91. The summed E-state index contributed by atoms with van der Waals surface area (Å²) >= 11 is 0.774. The molecule has 0 aromatic heterocycles. The predicted octanol–water partition coefficient (Wildman–Crippen LogP) is 3.76. The van der Waals surface area contributed by atoms with Crippen molar-refractivity contribution in [2.45, 2.75) is 93.7 Å². The highest BCUT2D eigenvalue weighted by Crippen LogP contribution is 2.27. The number of rotatable bonds is 9. The highest BCUT2D eigenvalue weighted by atomic mass is 32.2. The maximum Gasteiger partial charge on any atom is 0.322 e. The Hall–Kier alpha value is -2.17. The summed E-state index contributed by atoms with van der Waals surface area (Å²) in [5, 5.41) is 23.5. The fourth-order valence-corrected chi connectivity index (χ4v) is 4.93. The standard InChI is InChI=1S/C12H23N.C10H11N3O5S/c1-3-7-11(8-4-1)13-12-9-5-2-6-10-12;11-9(14)5-6(10(15)16)12-19-8-4-2-1-3-7(8)13(17)18/h11-13H,1-10H2;1-4,6,12H,5H2,(H2,11,14)(H,15,16). The van der Waals surface area contributed by atoms with Crippen LogP contribution in [-0.2, 0) is 9.59 Å². The summed E-state index contributed by atoms with van der Waals surface area (Å²) in [5.74, 6) is -2.03. The summed E-state index contributed by atoms with van der Waals surface area (Å²) in [5.41, 5.74) is 4.77. The lowest BCUT2D eigenvalue weighted by Crippen LogP contribution is -2.40. The number of nitro benzene ring substituents is 1. The number of carboxylic acids is 1. The Balaban J connectivity index is 0.000000242. The number of nitrogens with two attached hydrogens (primary N) is 1. The molecule has 1 atom stereocenters. The number of hydrogen-bond donors (Lipinski definition) is 4. The van der Waals surface area contributed by atoms with Crippen molar-refractivity contribution in [1.82, 2.24) is 10.0 Å². The summed E-state index contributed by atoms with van der Waals surface area (Å²) < 4.78 is 2.47. The molecular formula is C22H34N4O5S. The third-order valence-electron chi connectivity index (χ3n) is 5.76. The number of hydrogen-bond acceptors (Lipinski definition) is 7. The van der Waals surface area contributed by atoms with Crippen LogP contribution in [-0.4, -0.2) is 40.0 Å². The van der Waals surface area contributed by atoms with Crippen molar-refractivity contribution in [3.05, 3.63) is 34.4 Å². The SMILES string of the molecule is C1CCC(NC2CCCCC2)CC1.NC(=O)CC(NSc1ccccc1[N+](=O)[O-])C(=O)O. The molecule has 1 aromatic carbocycles. The van der Waals surface area contributed by atoms with Gasteiger partial charge in [0.05, 0.1) is 11.3 Å². The minimum atomic E-state index is -1.26. The predicted molar refractivity (Wildman–Crippen MR) is 124 cm³/mol. The van der Waals surface area contributed by atoms with Crippen LogP contribution in [0.4, 0.5) is 5.69 Å². The van der Waals surface area contributed by atoms with Gasteiger partial charge in [-0.3, -0.25) is 19.7 Å². The van der Waals surface area contributed by atoms with Crippen molar-refractivity contribution in [3.8, 4) is 0 Å². The molecule has 1 unspecified atom stereocenters. The van der Waals surface area contributed by atoms with E-state index in [4.69, 9.17) is 10.8 Å². The van der Waals surface area contributed by atoms with Gasteiger partial charge < -0.3 is 16.2 Å². The van der Waals surface area contributed by atoms with Crippen molar-refractivity contribution in [2.24, 2.45) is 5.73 Å². The van der Waals surface area contributed by atoms with E-state index in [1.807, 2.05) is 0 Å². The van der Waals surface area contributed by atoms with Gasteiger partial charge in [0.25, 0.3) is 5.69 Å². The van der Waals surface area contributed by atoms with Gasteiger partial charge >= 0.3 is 5.97 Å². The number of benzene rings is 1. The molecule has 1 amide bonds. The second-order valence-corrected chi connectivity index (χ2v) is 9.22. The zero-order valence-electron chi connectivity index (χ0n) is 18.3. The summed E-state index contributed by atoms with van der Waals surface area (Å²) in [6, 6.07) is 6.39. The van der Waals surface area contributed by atoms with Crippen LogP contribution in [0.25, 0.3) is 0 Å². The van der Waals surface area contributed by atoms with E-state index in [2.05, 4.69) is 10.0 Å². The topological polar surface area (TPSA) is 148 Å². The van der Waals surface area contributed by atoms with Gasteiger partial charge in [-0.2, -0.15) is 0 Å². The van der Waals surface area contributed by atoms with Gasteiger partial charge in [-0.25, -0.2) is 4.72 Å². The van der Waals surface area contributed by atoms with Crippen LogP contribution in [0.1, 0.15) is 70.6 Å². The van der Waals surface area contributed by atoms with E-state index < -0.39 is 29.3 Å². The number of carboxylic acid groups (broad SMARTS) is 1. The largest absolute Gasteiger partial charge is 0.480 e. The van der Waals surface area contributed by atoms with Crippen molar-refractivity contribution >= 4 is 29.5 Å². The Labute approximate surface area is 193 Å². The first-order valence-electron chi connectivity index (χ1n) is 11.3. The van der Waals surface area contributed by atoms with Gasteiger partial charge in [0.15, 0.2) is 0 Å². The third-order valence-corrected chi connectivity index (χ3v) is 6.73. The number of nitrogens with zero attached hydrogens (tertiary/aromatic N) is 1. The molecule has 10 heteroatoms. The Morgan fingerprint density at radius 3 is 2.06 bits per heavy atom. The molecular weight excluding hydrogens is 432 g/mol. The van der Waals surface area contributed by atoms with E-state index in [0.717, 1.165) is 24.0 Å². The van der Waals surface area contributed by atoms with Crippen LogP contribution in [0.5, 0.6) is 0 Å². The van der Waals surface area contributed by atoms with E-state index in [-0.39, 0.29) is 10.6 Å². The first kappa shape index (κ1) is 26.1. The molecule has 1 aromatic rings. The van der Waals surface area contributed by atoms with E-state index >= 15 is 0 Å². The molecule has 9 nitrogen and oxygen atoms in total. The fraction of sp³-hybridized carbons (Fsp3) is 0.636. The first-order valence-corrected chi connectivity index (χ1v) is 12.1. The van der Waals surface area contributed by atoms with Gasteiger partial charge in [-0.15, -0.1) is 0 Å². The second kappa shape index (κ2) is 14.1. The molecule has 0 aliphatic heterocycles. The average molecular weight is 467 g/mol. The van der Waals surface area contributed by atoms with Gasteiger partial charge in [0.2, 0.25) is 5.91 Å². The van der Waals surface area contributed by atoms with Crippen molar-refractivity contribution in [1.29, 1.82) is 0 Å². The molecule has 2 aliphatic rings. The Kier molecular flexibility index (Phi) is 11.5. The molecule has 3 rings (SSSR count).